The molecule has 0 atom stereocenters. The molecule has 7 nitrogen and oxygen atoms in total. The number of pyridine rings is 1. The van der Waals surface area contributed by atoms with Crippen molar-refractivity contribution in [3.8, 4) is 0 Å². The molecule has 2 aromatic carbocycles. The van der Waals surface area contributed by atoms with Gasteiger partial charge in [-0.2, -0.15) is 0 Å². The molecule has 0 bridgehead atoms. The number of aryl methyl sites for hydroxylation is 1. The van der Waals surface area contributed by atoms with Crippen LogP contribution in [0.15, 0.2) is 72.8 Å². The maximum Gasteiger partial charge on any atom is 0.319 e. The molecule has 0 saturated carbocycles. The van der Waals surface area contributed by atoms with Crippen LogP contribution < -0.4 is 10.6 Å². The Morgan fingerprint density at radius 2 is 1.67 bits per heavy atom. The maximum atomic E-state index is 12.5. The fourth-order valence-electron chi connectivity index (χ4n) is 4.64. The van der Waals surface area contributed by atoms with Crippen LogP contribution in [-0.4, -0.2) is 53.2 Å². The van der Waals surface area contributed by atoms with E-state index in [0.717, 1.165) is 22.5 Å². The molecule has 2 heterocycles. The van der Waals surface area contributed by atoms with Gasteiger partial charge in [0.25, 0.3) is 0 Å². The highest BCUT2D eigenvalue weighted by Gasteiger charge is 2.42. The van der Waals surface area contributed by atoms with E-state index in [9.17, 15) is 14.7 Å². The molecule has 186 valence electrons. The van der Waals surface area contributed by atoms with Crippen molar-refractivity contribution in [1.82, 2.24) is 15.2 Å². The third-order valence-corrected chi connectivity index (χ3v) is 6.64. The normalized spacial score (nSPS) is 15.5. The summed E-state index contributed by atoms with van der Waals surface area (Å²) < 4.78 is 0. The number of carboxylic acids is 1. The first-order valence-corrected chi connectivity index (χ1v) is 12.2. The van der Waals surface area contributed by atoms with Crippen LogP contribution in [0.4, 0.5) is 10.5 Å². The van der Waals surface area contributed by atoms with Gasteiger partial charge < -0.3 is 20.6 Å². The molecule has 0 aliphatic carbocycles. The standard InChI is InChI=1S/C29H32N4O3/c1-22-20-26(21-25(31-22)13-12-23-8-4-2-5-9-23)32-28(36)30-16-19-33-17-14-29(15-18-33,27(34)35)24-10-6-3-7-11-24/h2-13,20-21H,14-19H2,1H3,(H,34,35)(H2,30,31,32,36). The number of aromatic nitrogens is 1. The summed E-state index contributed by atoms with van der Waals surface area (Å²) in [6, 6.07) is 22.9. The Labute approximate surface area is 211 Å². The average molecular weight is 485 g/mol. The maximum absolute atomic E-state index is 12.5. The Kier molecular flexibility index (Phi) is 8.13. The molecule has 1 fully saturated rings. The Morgan fingerprint density at radius 3 is 2.33 bits per heavy atom. The summed E-state index contributed by atoms with van der Waals surface area (Å²) in [5, 5.41) is 15.7. The first kappa shape index (κ1) is 25.1. The lowest BCUT2D eigenvalue weighted by molar-refractivity contribution is -0.146. The molecule has 4 rings (SSSR count). The van der Waals surface area contributed by atoms with Crippen molar-refractivity contribution in [3.63, 3.8) is 0 Å². The van der Waals surface area contributed by atoms with Gasteiger partial charge in [-0.05, 0) is 62.2 Å². The number of hydrogen-bond donors (Lipinski definition) is 3. The van der Waals surface area contributed by atoms with E-state index in [1.54, 1.807) is 0 Å². The van der Waals surface area contributed by atoms with Gasteiger partial charge in [-0.1, -0.05) is 66.7 Å². The van der Waals surface area contributed by atoms with Crippen LogP contribution in [0.2, 0.25) is 0 Å². The minimum Gasteiger partial charge on any atom is -0.481 e. The zero-order valence-corrected chi connectivity index (χ0v) is 20.5. The molecular weight excluding hydrogens is 452 g/mol. The Hall–Kier alpha value is -3.97. The zero-order valence-electron chi connectivity index (χ0n) is 20.5. The second kappa shape index (κ2) is 11.6. The third-order valence-electron chi connectivity index (χ3n) is 6.64. The summed E-state index contributed by atoms with van der Waals surface area (Å²) in [6.07, 6.45) is 5.01. The van der Waals surface area contributed by atoms with Gasteiger partial charge in [-0.15, -0.1) is 0 Å². The van der Waals surface area contributed by atoms with Crippen LogP contribution in [0, 0.1) is 6.92 Å². The molecule has 3 aromatic rings. The minimum absolute atomic E-state index is 0.278. The number of likely N-dealkylation sites (tertiary alicyclic amines) is 1. The number of anilines is 1. The van der Waals surface area contributed by atoms with Crippen molar-refractivity contribution >= 4 is 29.8 Å². The number of nitrogens with one attached hydrogen (secondary N) is 2. The number of carbonyl (C=O) groups excluding carboxylic acids is 1. The number of benzene rings is 2. The summed E-state index contributed by atoms with van der Waals surface area (Å²) in [7, 11) is 0. The molecular formula is C29H32N4O3. The quantitative estimate of drug-likeness (QED) is 0.427. The number of urea groups is 1. The Morgan fingerprint density at radius 1 is 1.00 bits per heavy atom. The van der Waals surface area contributed by atoms with Crippen molar-refractivity contribution in [2.45, 2.75) is 25.2 Å². The third kappa shape index (κ3) is 6.37. The highest BCUT2D eigenvalue weighted by Crippen LogP contribution is 2.35. The molecule has 2 amide bonds. The lowest BCUT2D eigenvalue weighted by Crippen LogP contribution is -2.49. The van der Waals surface area contributed by atoms with Gasteiger partial charge in [0.05, 0.1) is 11.1 Å². The van der Waals surface area contributed by atoms with Crippen LogP contribution in [0.25, 0.3) is 12.2 Å². The fourth-order valence-corrected chi connectivity index (χ4v) is 4.64. The van der Waals surface area contributed by atoms with Crippen LogP contribution in [0.1, 0.15) is 35.4 Å². The number of amides is 2. The molecule has 0 radical (unpaired) electrons. The van der Waals surface area contributed by atoms with E-state index in [2.05, 4.69) is 20.5 Å². The first-order chi connectivity index (χ1) is 17.4. The molecule has 1 saturated heterocycles. The van der Waals surface area contributed by atoms with E-state index in [4.69, 9.17) is 0 Å². The van der Waals surface area contributed by atoms with Crippen LogP contribution >= 0.6 is 0 Å². The molecule has 1 aliphatic rings. The second-order valence-electron chi connectivity index (χ2n) is 9.14. The van der Waals surface area contributed by atoms with E-state index in [1.807, 2.05) is 91.9 Å². The predicted octanol–water partition coefficient (Wildman–Crippen LogP) is 4.80. The summed E-state index contributed by atoms with van der Waals surface area (Å²) in [4.78, 5) is 31.3. The minimum atomic E-state index is -0.839. The summed E-state index contributed by atoms with van der Waals surface area (Å²) >= 11 is 0. The fraction of sp³-hybridized carbons (Fsp3) is 0.276. The first-order valence-electron chi connectivity index (χ1n) is 12.2. The summed E-state index contributed by atoms with van der Waals surface area (Å²) in [5.74, 6) is -0.767. The number of carbonyl (C=O) groups is 2. The molecule has 36 heavy (non-hydrogen) atoms. The van der Waals surface area contributed by atoms with Crippen LogP contribution in [-0.2, 0) is 10.2 Å². The van der Waals surface area contributed by atoms with Crippen molar-refractivity contribution in [1.29, 1.82) is 0 Å². The lowest BCUT2D eigenvalue weighted by Gasteiger charge is -2.39. The van der Waals surface area contributed by atoms with Crippen LogP contribution in [0.3, 0.4) is 0 Å². The molecule has 7 heteroatoms. The number of carboxylic acid groups (broad SMARTS) is 1. The Balaban J connectivity index is 1.26. The van der Waals surface area contributed by atoms with E-state index in [0.29, 0.717) is 44.7 Å². The van der Waals surface area contributed by atoms with E-state index in [1.165, 1.54) is 0 Å². The van der Waals surface area contributed by atoms with Gasteiger partial charge >= 0.3 is 12.0 Å². The number of piperidine rings is 1. The molecule has 1 aliphatic heterocycles. The highest BCUT2D eigenvalue weighted by molar-refractivity contribution is 5.89. The number of rotatable bonds is 8. The van der Waals surface area contributed by atoms with Crippen molar-refractivity contribution in [2.75, 3.05) is 31.5 Å². The lowest BCUT2D eigenvalue weighted by atomic mass is 9.73. The predicted molar refractivity (Wildman–Crippen MR) is 143 cm³/mol. The van der Waals surface area contributed by atoms with Gasteiger partial charge in [0, 0.05) is 24.5 Å². The average Bonchev–Trinajstić information content (AvgIpc) is 2.88. The van der Waals surface area contributed by atoms with Gasteiger partial charge in [0.2, 0.25) is 0 Å². The van der Waals surface area contributed by atoms with Crippen molar-refractivity contribution < 1.29 is 14.7 Å². The van der Waals surface area contributed by atoms with E-state index >= 15 is 0 Å². The topological polar surface area (TPSA) is 94.6 Å². The molecule has 3 N–H and O–H groups in total. The smallest absolute Gasteiger partial charge is 0.319 e. The Bertz CT molecular complexity index is 1200. The highest BCUT2D eigenvalue weighted by atomic mass is 16.4. The van der Waals surface area contributed by atoms with Crippen molar-refractivity contribution in [3.05, 3.63) is 95.3 Å². The zero-order chi connectivity index (χ0) is 25.4. The number of aliphatic carboxylic acids is 1. The van der Waals surface area contributed by atoms with Gasteiger partial charge in [0.1, 0.15) is 0 Å². The number of hydrogen-bond acceptors (Lipinski definition) is 4. The monoisotopic (exact) mass is 484 g/mol. The van der Waals surface area contributed by atoms with Gasteiger partial charge in [-0.3, -0.25) is 9.78 Å². The molecule has 0 unspecified atom stereocenters. The largest absolute Gasteiger partial charge is 0.481 e. The molecule has 1 aromatic heterocycles. The number of nitrogens with zero attached hydrogens (tertiary/aromatic N) is 2. The van der Waals surface area contributed by atoms with E-state index < -0.39 is 11.4 Å². The molecule has 0 spiro atoms. The van der Waals surface area contributed by atoms with Crippen molar-refractivity contribution in [2.24, 2.45) is 0 Å². The SMILES string of the molecule is Cc1cc(NC(=O)NCCN2CCC(C(=O)O)(c3ccccc3)CC2)cc(C=Cc2ccccc2)n1. The summed E-state index contributed by atoms with van der Waals surface area (Å²) in [6.45, 7) is 4.38. The summed E-state index contributed by atoms with van der Waals surface area (Å²) in [5.41, 5.74) is 3.36. The van der Waals surface area contributed by atoms with Gasteiger partial charge in [-0.25, -0.2) is 4.79 Å². The second-order valence-corrected chi connectivity index (χ2v) is 9.14. The van der Waals surface area contributed by atoms with E-state index in [-0.39, 0.29) is 6.03 Å². The van der Waals surface area contributed by atoms with Crippen LogP contribution in [0.5, 0.6) is 0 Å². The van der Waals surface area contributed by atoms with Gasteiger partial charge in [0.15, 0.2) is 0 Å².